The maximum absolute atomic E-state index is 4.31. The number of hydrogen-bond donors (Lipinski definition) is 1. The summed E-state index contributed by atoms with van der Waals surface area (Å²) < 4.78 is 0.895. The molecule has 3 rings (SSSR count). The Hall–Kier alpha value is -0.570. The van der Waals surface area contributed by atoms with Crippen LogP contribution in [0.5, 0.6) is 0 Å². The topological polar surface area (TPSA) is 24.9 Å². The zero-order chi connectivity index (χ0) is 13.0. The quantitative estimate of drug-likeness (QED) is 0.815. The first-order valence-electron chi connectivity index (χ1n) is 6.80. The lowest BCUT2D eigenvalue weighted by Crippen LogP contribution is -2.45. The van der Waals surface area contributed by atoms with Crippen LogP contribution < -0.4 is 5.32 Å². The van der Waals surface area contributed by atoms with Crippen LogP contribution in [0.2, 0.25) is 0 Å². The number of fused-ring (bicyclic) bond motifs is 2. The Balaban J connectivity index is 1.86. The normalized spacial score (nSPS) is 36.9. The Labute approximate surface area is 118 Å². The lowest BCUT2D eigenvalue weighted by Gasteiger charge is -2.43. The molecule has 98 valence electrons. The lowest BCUT2D eigenvalue weighted by molar-refractivity contribution is 0.155. The van der Waals surface area contributed by atoms with Gasteiger partial charge in [0.25, 0.3) is 0 Å². The largest absolute Gasteiger partial charge is 0.380 e. The van der Waals surface area contributed by atoms with Crippen molar-refractivity contribution < 1.29 is 0 Å². The third-order valence-corrected chi connectivity index (χ3v) is 5.78. The van der Waals surface area contributed by atoms with Crippen molar-refractivity contribution in [2.45, 2.75) is 46.1 Å². The highest BCUT2D eigenvalue weighted by atomic mass is 79.9. The first kappa shape index (κ1) is 12.5. The second kappa shape index (κ2) is 3.96. The fourth-order valence-corrected chi connectivity index (χ4v) is 4.52. The van der Waals surface area contributed by atoms with Crippen LogP contribution >= 0.6 is 15.9 Å². The van der Waals surface area contributed by atoms with E-state index in [2.05, 4.69) is 53.1 Å². The van der Waals surface area contributed by atoms with Gasteiger partial charge in [-0.1, -0.05) is 20.8 Å². The van der Waals surface area contributed by atoms with Crippen LogP contribution in [0.3, 0.4) is 0 Å². The van der Waals surface area contributed by atoms with Crippen LogP contribution in [0.15, 0.2) is 22.9 Å². The van der Waals surface area contributed by atoms with Gasteiger partial charge in [0.1, 0.15) is 4.60 Å². The molecule has 2 saturated carbocycles. The van der Waals surface area contributed by atoms with Crippen molar-refractivity contribution in [1.29, 1.82) is 0 Å². The zero-order valence-corrected chi connectivity index (χ0v) is 12.9. The Kier molecular flexibility index (Phi) is 2.74. The summed E-state index contributed by atoms with van der Waals surface area (Å²) in [5.74, 6) is 0.878. The predicted octanol–water partition coefficient (Wildman–Crippen LogP) is 4.47. The van der Waals surface area contributed by atoms with Crippen molar-refractivity contribution in [2.24, 2.45) is 16.7 Å². The second-order valence-electron chi connectivity index (χ2n) is 6.86. The van der Waals surface area contributed by atoms with E-state index in [-0.39, 0.29) is 0 Å². The number of rotatable bonds is 2. The number of pyridine rings is 1. The minimum absolute atomic E-state index is 0.389. The molecule has 3 heteroatoms. The van der Waals surface area contributed by atoms with Gasteiger partial charge in [-0.3, -0.25) is 0 Å². The Bertz CT molecular complexity index is 449. The number of aromatic nitrogens is 1. The molecule has 0 amide bonds. The maximum Gasteiger partial charge on any atom is 0.106 e. The van der Waals surface area contributed by atoms with E-state index in [1.165, 1.54) is 19.3 Å². The van der Waals surface area contributed by atoms with Crippen LogP contribution in [-0.4, -0.2) is 11.0 Å². The van der Waals surface area contributed by atoms with E-state index in [4.69, 9.17) is 0 Å². The molecule has 18 heavy (non-hydrogen) atoms. The van der Waals surface area contributed by atoms with Gasteiger partial charge >= 0.3 is 0 Å². The van der Waals surface area contributed by atoms with Crippen molar-refractivity contribution in [3.8, 4) is 0 Å². The summed E-state index contributed by atoms with van der Waals surface area (Å²) >= 11 is 3.38. The molecule has 0 saturated heterocycles. The van der Waals surface area contributed by atoms with Gasteiger partial charge in [0, 0.05) is 6.04 Å². The molecule has 1 aromatic heterocycles. The average molecular weight is 309 g/mol. The lowest BCUT2D eigenvalue weighted by atomic mass is 9.68. The highest BCUT2D eigenvalue weighted by Crippen LogP contribution is 2.63. The summed E-state index contributed by atoms with van der Waals surface area (Å²) in [4.78, 5) is 4.31. The van der Waals surface area contributed by atoms with Gasteiger partial charge in [0.05, 0.1) is 11.9 Å². The number of hydrogen-bond acceptors (Lipinski definition) is 2. The van der Waals surface area contributed by atoms with Gasteiger partial charge in [-0.15, -0.1) is 0 Å². The summed E-state index contributed by atoms with van der Waals surface area (Å²) in [6.45, 7) is 7.30. The molecule has 3 unspecified atom stereocenters. The smallest absolute Gasteiger partial charge is 0.106 e. The second-order valence-corrected chi connectivity index (χ2v) is 7.67. The standard InChI is InChI=1S/C15H21BrN2/c1-14(2)10-6-7-15(3,8-10)13(14)18-11-4-5-12(16)17-9-11/h4-5,9-10,13,18H,6-8H2,1-3H3. The highest BCUT2D eigenvalue weighted by Gasteiger charge is 2.59. The molecule has 0 radical (unpaired) electrons. The first-order chi connectivity index (χ1) is 8.42. The van der Waals surface area contributed by atoms with E-state index >= 15 is 0 Å². The van der Waals surface area contributed by atoms with Crippen LogP contribution in [0.1, 0.15) is 40.0 Å². The summed E-state index contributed by atoms with van der Waals surface area (Å²) in [6, 6.07) is 4.68. The van der Waals surface area contributed by atoms with Crippen LogP contribution in [-0.2, 0) is 0 Å². The molecule has 1 heterocycles. The number of nitrogens with one attached hydrogen (secondary N) is 1. The van der Waals surface area contributed by atoms with Gasteiger partial charge in [-0.05, 0) is 64.1 Å². The molecule has 1 aromatic rings. The Morgan fingerprint density at radius 2 is 2.11 bits per heavy atom. The van der Waals surface area contributed by atoms with Crippen molar-refractivity contribution in [3.05, 3.63) is 22.9 Å². The van der Waals surface area contributed by atoms with Crippen LogP contribution in [0.25, 0.3) is 0 Å². The fraction of sp³-hybridized carbons (Fsp3) is 0.667. The van der Waals surface area contributed by atoms with Crippen molar-refractivity contribution in [1.82, 2.24) is 4.98 Å². The predicted molar refractivity (Wildman–Crippen MR) is 78.6 cm³/mol. The molecule has 2 bridgehead atoms. The maximum atomic E-state index is 4.31. The SMILES string of the molecule is CC12CCC(C1)C(C)(C)C2Nc1ccc(Br)nc1. The van der Waals surface area contributed by atoms with Gasteiger partial charge in [0.2, 0.25) is 0 Å². The van der Waals surface area contributed by atoms with Gasteiger partial charge in [-0.2, -0.15) is 0 Å². The van der Waals surface area contributed by atoms with E-state index in [1.54, 1.807) is 0 Å². The molecule has 0 aromatic carbocycles. The minimum Gasteiger partial charge on any atom is -0.380 e. The van der Waals surface area contributed by atoms with E-state index < -0.39 is 0 Å². The first-order valence-corrected chi connectivity index (χ1v) is 7.59. The van der Waals surface area contributed by atoms with E-state index in [0.29, 0.717) is 16.9 Å². The molecule has 3 atom stereocenters. The van der Waals surface area contributed by atoms with Crippen molar-refractivity contribution in [2.75, 3.05) is 5.32 Å². The molecular formula is C15H21BrN2. The molecular weight excluding hydrogens is 288 g/mol. The molecule has 2 aliphatic carbocycles. The summed E-state index contributed by atoms with van der Waals surface area (Å²) in [6.07, 6.45) is 6.07. The number of halogens is 1. The van der Waals surface area contributed by atoms with Gasteiger partial charge in [0.15, 0.2) is 0 Å². The molecule has 1 N–H and O–H groups in total. The summed E-state index contributed by atoms with van der Waals surface area (Å²) in [5.41, 5.74) is 1.99. The monoisotopic (exact) mass is 308 g/mol. The number of anilines is 1. The molecule has 0 spiro atoms. The minimum atomic E-state index is 0.389. The summed E-state index contributed by atoms with van der Waals surface area (Å²) in [5, 5.41) is 3.75. The summed E-state index contributed by atoms with van der Waals surface area (Å²) in [7, 11) is 0. The van der Waals surface area contributed by atoms with E-state index in [0.717, 1.165) is 16.2 Å². The Morgan fingerprint density at radius 1 is 1.33 bits per heavy atom. The van der Waals surface area contributed by atoms with E-state index in [9.17, 15) is 0 Å². The zero-order valence-electron chi connectivity index (χ0n) is 11.3. The van der Waals surface area contributed by atoms with Crippen LogP contribution in [0.4, 0.5) is 5.69 Å². The molecule has 2 fully saturated rings. The van der Waals surface area contributed by atoms with E-state index in [1.807, 2.05) is 12.3 Å². The van der Waals surface area contributed by atoms with Gasteiger partial charge < -0.3 is 5.32 Å². The van der Waals surface area contributed by atoms with Crippen LogP contribution in [0, 0.1) is 16.7 Å². The van der Waals surface area contributed by atoms with Crippen molar-refractivity contribution in [3.63, 3.8) is 0 Å². The average Bonchev–Trinajstić information content (AvgIpc) is 2.78. The highest BCUT2D eigenvalue weighted by molar-refractivity contribution is 9.10. The third kappa shape index (κ3) is 1.78. The van der Waals surface area contributed by atoms with Gasteiger partial charge in [-0.25, -0.2) is 4.98 Å². The molecule has 2 aliphatic rings. The Morgan fingerprint density at radius 3 is 2.67 bits per heavy atom. The third-order valence-electron chi connectivity index (χ3n) is 5.31. The van der Waals surface area contributed by atoms with Crippen molar-refractivity contribution >= 4 is 21.6 Å². The molecule has 2 nitrogen and oxygen atoms in total. The fourth-order valence-electron chi connectivity index (χ4n) is 4.29. The molecule has 0 aliphatic heterocycles. The number of nitrogens with zero attached hydrogens (tertiary/aromatic N) is 1.